The van der Waals surface area contributed by atoms with Crippen molar-refractivity contribution in [2.75, 3.05) is 19.8 Å². The zero-order chi connectivity index (χ0) is 31.1. The molecule has 4 N–H and O–H groups in total. The second kappa shape index (κ2) is 12.3. The van der Waals surface area contributed by atoms with Crippen molar-refractivity contribution in [2.45, 2.75) is 59.7 Å². The van der Waals surface area contributed by atoms with Crippen LogP contribution in [-0.4, -0.2) is 89.6 Å². The number of aromatic nitrogens is 4. The van der Waals surface area contributed by atoms with Crippen molar-refractivity contribution in [1.82, 2.24) is 20.0 Å². The number of alkyl halides is 3. The van der Waals surface area contributed by atoms with Gasteiger partial charge in [0.05, 0.1) is 34.9 Å². The van der Waals surface area contributed by atoms with Crippen LogP contribution in [0.5, 0.6) is 0 Å². The lowest BCUT2D eigenvalue weighted by molar-refractivity contribution is -0.179. The van der Waals surface area contributed by atoms with Crippen molar-refractivity contribution in [3.05, 3.63) is 65.4 Å². The molecule has 4 heterocycles. The summed E-state index contributed by atoms with van der Waals surface area (Å²) in [4.78, 5) is 3.95. The first-order valence-corrected chi connectivity index (χ1v) is 13.9. The Morgan fingerprint density at radius 2 is 1.77 bits per heavy atom. The maximum Gasteiger partial charge on any atom is 0.418 e. The largest absolute Gasteiger partial charge is 0.418 e. The minimum absolute atomic E-state index is 0.0444. The fourth-order valence-corrected chi connectivity index (χ4v) is 6.79. The highest BCUT2D eigenvalue weighted by atomic mass is 32.2. The molecule has 6 atom stereocenters. The van der Waals surface area contributed by atoms with Crippen LogP contribution in [0.3, 0.4) is 0 Å². The van der Waals surface area contributed by atoms with E-state index in [1.54, 1.807) is 0 Å². The minimum atomic E-state index is -4.83. The fraction of sp³-hybridized carbons (Fsp3) is 0.500. The van der Waals surface area contributed by atoms with Crippen LogP contribution in [0.2, 0.25) is 0 Å². The summed E-state index contributed by atoms with van der Waals surface area (Å²) in [6.45, 7) is -0.691. The Kier molecular flexibility index (Phi) is 9.04. The molecule has 234 valence electrons. The monoisotopic (exact) mass is 636 g/mol. The summed E-state index contributed by atoms with van der Waals surface area (Å²) >= 11 is 0.626. The van der Waals surface area contributed by atoms with Gasteiger partial charge >= 0.3 is 6.18 Å². The van der Waals surface area contributed by atoms with E-state index in [4.69, 9.17) is 9.47 Å². The van der Waals surface area contributed by atoms with Gasteiger partial charge in [-0.15, -0.1) is 16.9 Å². The van der Waals surface area contributed by atoms with Gasteiger partial charge in [0, 0.05) is 37.8 Å². The average Bonchev–Trinajstić information content (AvgIpc) is 3.45. The summed E-state index contributed by atoms with van der Waals surface area (Å²) in [6, 6.07) is 1.82. The normalized spacial score (nSPS) is 26.8. The summed E-state index contributed by atoms with van der Waals surface area (Å²) in [5.41, 5.74) is -5.22. The van der Waals surface area contributed by atoms with Crippen molar-refractivity contribution >= 4 is 11.8 Å². The molecule has 0 aliphatic carbocycles. The lowest BCUT2D eigenvalue weighted by Crippen LogP contribution is -2.55. The molecule has 0 saturated carbocycles. The number of nitrogens with zero attached hydrogens (tertiary/aromatic N) is 4. The molecule has 2 aliphatic heterocycles. The van der Waals surface area contributed by atoms with Crippen LogP contribution in [-0.2, 0) is 15.7 Å². The second-order valence-electron chi connectivity index (χ2n) is 10.2. The molecule has 0 spiro atoms. The van der Waals surface area contributed by atoms with Gasteiger partial charge in [-0.2, -0.15) is 13.2 Å². The van der Waals surface area contributed by atoms with E-state index >= 15 is 0 Å². The van der Waals surface area contributed by atoms with Crippen LogP contribution in [0.25, 0.3) is 11.3 Å². The molecule has 2 aromatic heterocycles. The van der Waals surface area contributed by atoms with Crippen LogP contribution >= 0.6 is 11.8 Å². The molecule has 0 amide bonds. The zero-order valence-corrected chi connectivity index (χ0v) is 22.9. The van der Waals surface area contributed by atoms with Gasteiger partial charge in [-0.05, 0) is 24.3 Å². The maximum absolute atomic E-state index is 14.0. The Morgan fingerprint density at radius 1 is 1.09 bits per heavy atom. The lowest BCUT2D eigenvalue weighted by Gasteiger charge is -2.45. The number of hydrogen-bond donors (Lipinski definition) is 4. The summed E-state index contributed by atoms with van der Waals surface area (Å²) in [5, 5.41) is 50.0. The van der Waals surface area contributed by atoms with Crippen LogP contribution in [0.1, 0.15) is 35.4 Å². The molecular weight excluding hydrogens is 610 g/mol. The molecule has 0 bridgehead atoms. The van der Waals surface area contributed by atoms with Gasteiger partial charge in [-0.25, -0.2) is 17.9 Å². The third-order valence-corrected chi connectivity index (χ3v) is 9.05. The zero-order valence-electron chi connectivity index (χ0n) is 22.0. The highest BCUT2D eigenvalue weighted by molar-refractivity contribution is 8.00. The molecule has 1 unspecified atom stereocenters. The Morgan fingerprint density at radius 3 is 2.40 bits per heavy atom. The van der Waals surface area contributed by atoms with E-state index in [-0.39, 0.29) is 37.3 Å². The molecule has 3 aromatic rings. The SMILES string of the molecule is OC[C@H]1O[C@@H](SC(c2ncccc2C(F)(F)F)C2(O)CCOCC2)[C@H](O)[C@@H](n2cc(-c3cc(F)c(F)c(F)c3)nn2)[C@H]1O. The van der Waals surface area contributed by atoms with Gasteiger partial charge in [0.15, 0.2) is 17.5 Å². The molecule has 17 heteroatoms. The Labute approximate surface area is 244 Å². The van der Waals surface area contributed by atoms with Crippen molar-refractivity contribution in [3.8, 4) is 11.3 Å². The number of halogens is 6. The Bertz CT molecular complexity index is 1420. The van der Waals surface area contributed by atoms with Gasteiger partial charge < -0.3 is 29.9 Å². The molecule has 2 saturated heterocycles. The van der Waals surface area contributed by atoms with E-state index < -0.39 is 82.1 Å². The predicted molar refractivity (Wildman–Crippen MR) is 137 cm³/mol. The van der Waals surface area contributed by atoms with Crippen LogP contribution in [0.15, 0.2) is 36.7 Å². The first-order valence-electron chi connectivity index (χ1n) is 13.0. The maximum atomic E-state index is 14.0. The third kappa shape index (κ3) is 6.25. The predicted octanol–water partition coefficient (Wildman–Crippen LogP) is 2.77. The quantitative estimate of drug-likeness (QED) is 0.226. The number of rotatable bonds is 7. The van der Waals surface area contributed by atoms with Gasteiger partial charge in [-0.1, -0.05) is 5.21 Å². The number of aliphatic hydroxyl groups excluding tert-OH is 3. The van der Waals surface area contributed by atoms with Crippen molar-refractivity contribution in [3.63, 3.8) is 0 Å². The molecule has 2 aliphatic rings. The summed E-state index contributed by atoms with van der Waals surface area (Å²) in [5.74, 6) is -4.67. The summed E-state index contributed by atoms with van der Waals surface area (Å²) in [6.07, 6.45) is -7.47. The van der Waals surface area contributed by atoms with E-state index in [9.17, 15) is 46.8 Å². The molecule has 43 heavy (non-hydrogen) atoms. The number of thioether (sulfide) groups is 1. The topological polar surface area (TPSA) is 143 Å². The van der Waals surface area contributed by atoms with Crippen LogP contribution in [0.4, 0.5) is 26.3 Å². The molecule has 5 rings (SSSR count). The third-order valence-electron chi connectivity index (χ3n) is 7.45. The van der Waals surface area contributed by atoms with Crippen molar-refractivity contribution in [1.29, 1.82) is 0 Å². The number of pyridine rings is 1. The number of benzene rings is 1. The molecule has 10 nitrogen and oxygen atoms in total. The van der Waals surface area contributed by atoms with E-state index in [0.717, 1.165) is 29.2 Å². The molecule has 1 aromatic carbocycles. The lowest BCUT2D eigenvalue weighted by atomic mass is 9.87. The van der Waals surface area contributed by atoms with Crippen molar-refractivity contribution < 1.29 is 56.2 Å². The van der Waals surface area contributed by atoms with Crippen LogP contribution < -0.4 is 0 Å². The average molecular weight is 637 g/mol. The smallest absolute Gasteiger partial charge is 0.394 e. The van der Waals surface area contributed by atoms with Gasteiger partial charge in [0.1, 0.15) is 35.5 Å². The van der Waals surface area contributed by atoms with E-state index in [1.165, 1.54) is 0 Å². The number of aliphatic hydroxyl groups is 4. The van der Waals surface area contributed by atoms with E-state index in [1.807, 2.05) is 0 Å². The van der Waals surface area contributed by atoms with Gasteiger partial charge in [0.2, 0.25) is 0 Å². The van der Waals surface area contributed by atoms with E-state index in [2.05, 4.69) is 15.3 Å². The van der Waals surface area contributed by atoms with E-state index in [0.29, 0.717) is 23.9 Å². The Balaban J connectivity index is 1.51. The molecule has 2 fully saturated rings. The Hall–Kier alpha value is -2.80. The molecular formula is C26H26F6N4O6S. The fourth-order valence-electron chi connectivity index (χ4n) is 5.18. The standard InChI is InChI=1S/C26H26F6N4O6S/c27-14-8-12(9-15(28)18(14)29)16-10-36(35-34-16)20-21(38)17(11-37)42-24(22(20)39)43-23(25(40)3-6-41-7-4-25)19-13(26(30,31)32)2-1-5-33-19/h1-2,5,8-10,17,20-24,37-40H,3-4,6-7,11H2/t17-,20+,21+,22-,23?,24+/m1/s1. The first kappa shape index (κ1) is 31.6. The van der Waals surface area contributed by atoms with Gasteiger partial charge in [-0.3, -0.25) is 4.98 Å². The van der Waals surface area contributed by atoms with Crippen molar-refractivity contribution in [2.24, 2.45) is 0 Å². The minimum Gasteiger partial charge on any atom is -0.394 e. The second-order valence-corrected chi connectivity index (χ2v) is 11.4. The molecule has 0 radical (unpaired) electrons. The first-order chi connectivity index (χ1) is 20.3. The van der Waals surface area contributed by atoms with Crippen LogP contribution in [0, 0.1) is 17.5 Å². The number of ether oxygens (including phenoxy) is 2. The van der Waals surface area contributed by atoms with Gasteiger partial charge in [0.25, 0.3) is 0 Å². The summed E-state index contributed by atoms with van der Waals surface area (Å²) in [7, 11) is 0. The number of hydrogen-bond acceptors (Lipinski definition) is 10. The highest BCUT2D eigenvalue weighted by Gasteiger charge is 2.51. The summed E-state index contributed by atoms with van der Waals surface area (Å²) < 4.78 is 95.1. The highest BCUT2D eigenvalue weighted by Crippen LogP contribution is 2.51.